The smallest absolute Gasteiger partial charge is 0.305 e. The summed E-state index contributed by atoms with van der Waals surface area (Å²) in [6.07, 6.45) is 94.9. The number of rotatable bonds is 70. The van der Waals surface area contributed by atoms with Crippen LogP contribution in [0.25, 0.3) is 0 Å². The number of amides is 1. The monoisotopic (exact) mass is 1160 g/mol. The lowest BCUT2D eigenvalue weighted by atomic mass is 10.0. The fraction of sp³-hybridized carbons (Fsp3) is 0.870. The summed E-state index contributed by atoms with van der Waals surface area (Å²) >= 11 is 0. The lowest BCUT2D eigenvalue weighted by Gasteiger charge is -2.20. The highest BCUT2D eigenvalue weighted by atomic mass is 16.5. The Morgan fingerprint density at radius 2 is 0.602 bits per heavy atom. The third kappa shape index (κ3) is 68.8. The maximum absolute atomic E-state index is 12.5. The molecule has 0 aliphatic carbocycles. The minimum atomic E-state index is -0.849. The van der Waals surface area contributed by atoms with Crippen LogP contribution < -0.4 is 5.32 Å². The van der Waals surface area contributed by atoms with Crippen molar-refractivity contribution in [2.45, 2.75) is 418 Å². The largest absolute Gasteiger partial charge is 0.466 e. The second-order valence-corrected chi connectivity index (χ2v) is 25.6. The molecular weight excluding hydrogens is 1020 g/mol. The van der Waals surface area contributed by atoms with E-state index in [1.807, 2.05) is 6.08 Å². The Kier molecular flexibility index (Phi) is 70.4. The average Bonchev–Trinajstić information content (AvgIpc) is 3.48. The van der Waals surface area contributed by atoms with Crippen molar-refractivity contribution < 1.29 is 24.5 Å². The van der Waals surface area contributed by atoms with Crippen molar-refractivity contribution in [2.75, 3.05) is 13.2 Å². The highest BCUT2D eigenvalue weighted by molar-refractivity contribution is 5.76. The number of hydrogen-bond acceptors (Lipinski definition) is 5. The molecule has 0 saturated carbocycles. The first-order valence-corrected chi connectivity index (χ1v) is 37.4. The average molecular weight is 1170 g/mol. The van der Waals surface area contributed by atoms with Crippen molar-refractivity contribution in [2.24, 2.45) is 0 Å². The maximum atomic E-state index is 12.5. The van der Waals surface area contributed by atoms with Crippen LogP contribution in [0.1, 0.15) is 406 Å². The van der Waals surface area contributed by atoms with E-state index in [9.17, 15) is 19.8 Å². The normalized spacial score (nSPS) is 12.8. The fourth-order valence-corrected chi connectivity index (χ4v) is 11.6. The zero-order valence-electron chi connectivity index (χ0n) is 55.9. The van der Waals surface area contributed by atoms with Crippen LogP contribution in [-0.4, -0.2) is 47.4 Å². The molecule has 0 aromatic rings. The molecular formula is C77H145NO5. The molecule has 0 aliphatic heterocycles. The molecule has 3 N–H and O–H groups in total. The third-order valence-electron chi connectivity index (χ3n) is 17.3. The van der Waals surface area contributed by atoms with Gasteiger partial charge < -0.3 is 20.3 Å². The van der Waals surface area contributed by atoms with E-state index in [2.05, 4.69) is 55.6 Å². The van der Waals surface area contributed by atoms with Gasteiger partial charge in [0.25, 0.3) is 0 Å². The summed E-state index contributed by atoms with van der Waals surface area (Å²) in [5.74, 6) is -0.0646. The van der Waals surface area contributed by atoms with Gasteiger partial charge in [0.15, 0.2) is 0 Å². The molecule has 0 radical (unpaired) electrons. The number of ether oxygens (including phenoxy) is 1. The van der Waals surface area contributed by atoms with Gasteiger partial charge in [-0.2, -0.15) is 0 Å². The molecule has 6 heteroatoms. The lowest BCUT2D eigenvalue weighted by Crippen LogP contribution is -2.45. The molecule has 0 fully saturated rings. The number of aliphatic hydroxyl groups excluding tert-OH is 2. The fourth-order valence-electron chi connectivity index (χ4n) is 11.6. The highest BCUT2D eigenvalue weighted by Crippen LogP contribution is 2.18. The van der Waals surface area contributed by atoms with Gasteiger partial charge in [-0.25, -0.2) is 0 Å². The van der Waals surface area contributed by atoms with E-state index in [0.29, 0.717) is 19.4 Å². The Morgan fingerprint density at radius 3 is 0.928 bits per heavy atom. The molecule has 0 rings (SSSR count). The summed E-state index contributed by atoms with van der Waals surface area (Å²) in [5, 5.41) is 23.3. The number of hydrogen-bond donors (Lipinski definition) is 3. The second-order valence-electron chi connectivity index (χ2n) is 25.6. The van der Waals surface area contributed by atoms with E-state index < -0.39 is 12.1 Å². The summed E-state index contributed by atoms with van der Waals surface area (Å²) < 4.78 is 5.49. The molecule has 0 aromatic heterocycles. The van der Waals surface area contributed by atoms with Crippen molar-refractivity contribution in [3.63, 3.8) is 0 Å². The Morgan fingerprint density at radius 1 is 0.337 bits per heavy atom. The van der Waals surface area contributed by atoms with Crippen LogP contribution in [0.2, 0.25) is 0 Å². The number of allylic oxidation sites excluding steroid dienone is 7. The van der Waals surface area contributed by atoms with Gasteiger partial charge in [0.05, 0.1) is 25.4 Å². The number of carbonyl (C=O) groups is 2. The Bertz CT molecular complexity index is 1390. The molecule has 0 bridgehead atoms. The number of carbonyl (C=O) groups excluding carboxylic acids is 2. The van der Waals surface area contributed by atoms with E-state index in [4.69, 9.17) is 4.74 Å². The van der Waals surface area contributed by atoms with Crippen molar-refractivity contribution in [3.05, 3.63) is 48.6 Å². The topological polar surface area (TPSA) is 95.9 Å². The lowest BCUT2D eigenvalue weighted by molar-refractivity contribution is -0.143. The van der Waals surface area contributed by atoms with Crippen molar-refractivity contribution >= 4 is 11.9 Å². The first-order valence-electron chi connectivity index (χ1n) is 37.4. The van der Waals surface area contributed by atoms with Crippen molar-refractivity contribution in [1.29, 1.82) is 0 Å². The Hall–Kier alpha value is -2.18. The van der Waals surface area contributed by atoms with Gasteiger partial charge in [-0.1, -0.05) is 351 Å². The van der Waals surface area contributed by atoms with Crippen LogP contribution in [-0.2, 0) is 14.3 Å². The Labute approximate surface area is 518 Å². The van der Waals surface area contributed by atoms with E-state index in [1.165, 1.54) is 327 Å². The number of nitrogens with one attached hydrogen (secondary N) is 1. The van der Waals surface area contributed by atoms with Gasteiger partial charge in [-0.15, -0.1) is 0 Å². The summed E-state index contributed by atoms with van der Waals surface area (Å²) in [6.45, 7) is 4.93. The van der Waals surface area contributed by atoms with Crippen molar-refractivity contribution in [1.82, 2.24) is 5.32 Å². The zero-order valence-corrected chi connectivity index (χ0v) is 55.9. The highest BCUT2D eigenvalue weighted by Gasteiger charge is 2.18. The van der Waals surface area contributed by atoms with E-state index in [-0.39, 0.29) is 18.5 Å². The first-order chi connectivity index (χ1) is 41.0. The maximum Gasteiger partial charge on any atom is 0.305 e. The van der Waals surface area contributed by atoms with Crippen LogP contribution in [0.4, 0.5) is 0 Å². The SMILES string of the molecule is CCCCCCCC/C=C\CCCCCCCC(=O)OCCCCCCCCCCC/C=C\C/C=C\CCCCCCCCCCCCCC(=O)NC(CO)C(O)/C=C/CCCCCCCCCCCCCCCCCCCCCCCC. The number of aliphatic hydroxyl groups is 2. The molecule has 6 nitrogen and oxygen atoms in total. The summed E-state index contributed by atoms with van der Waals surface area (Å²) in [7, 11) is 0. The van der Waals surface area contributed by atoms with Gasteiger partial charge in [0.1, 0.15) is 0 Å². The minimum absolute atomic E-state index is 0.00270. The van der Waals surface area contributed by atoms with E-state index in [0.717, 1.165) is 51.4 Å². The second kappa shape index (κ2) is 72.3. The molecule has 0 aliphatic rings. The number of unbranched alkanes of at least 4 members (excludes halogenated alkanes) is 53. The summed E-state index contributed by atoms with van der Waals surface area (Å²) in [5.41, 5.74) is 0. The van der Waals surface area contributed by atoms with Gasteiger partial charge >= 0.3 is 5.97 Å². The minimum Gasteiger partial charge on any atom is -0.466 e. The van der Waals surface area contributed by atoms with Crippen LogP contribution in [0.15, 0.2) is 48.6 Å². The van der Waals surface area contributed by atoms with Crippen LogP contribution in [0.3, 0.4) is 0 Å². The molecule has 0 heterocycles. The summed E-state index contributed by atoms with van der Waals surface area (Å²) in [6, 6.07) is -0.633. The standard InChI is InChI=1S/C77H145NO5/c1-3-5-7-9-11-13-15-17-19-20-21-22-23-29-32-35-38-42-45-49-53-57-61-65-69-75(80)74(73-79)78-76(81)70-66-62-58-54-50-46-43-39-36-33-30-27-25-24-26-28-31-34-37-40-44-48-52-56-60-64-68-72-83-77(82)71-67-63-59-55-51-47-41-18-16-14-12-10-8-6-4-2/h18,24-25,28,31,41,65,69,74-75,79-80H,3-17,19-23,26-27,29-30,32-40,42-64,66-68,70-73H2,1-2H3,(H,78,81)/b25-24-,31-28-,41-18-,69-65+. The quantitative estimate of drug-likeness (QED) is 0.0320. The molecule has 0 saturated heterocycles. The van der Waals surface area contributed by atoms with Crippen LogP contribution in [0, 0.1) is 0 Å². The Balaban J connectivity index is 3.45. The first kappa shape index (κ1) is 80.8. The molecule has 0 spiro atoms. The predicted molar refractivity (Wildman–Crippen MR) is 366 cm³/mol. The van der Waals surface area contributed by atoms with Gasteiger partial charge in [-0.3, -0.25) is 9.59 Å². The van der Waals surface area contributed by atoms with Gasteiger partial charge in [0.2, 0.25) is 5.91 Å². The van der Waals surface area contributed by atoms with E-state index in [1.54, 1.807) is 6.08 Å². The van der Waals surface area contributed by atoms with Gasteiger partial charge in [-0.05, 0) is 89.9 Å². The number of esters is 1. The zero-order chi connectivity index (χ0) is 59.9. The summed E-state index contributed by atoms with van der Waals surface area (Å²) in [4.78, 5) is 24.6. The molecule has 488 valence electrons. The molecule has 2 atom stereocenters. The third-order valence-corrected chi connectivity index (χ3v) is 17.3. The predicted octanol–water partition coefficient (Wildman–Crippen LogP) is 24.4. The van der Waals surface area contributed by atoms with Crippen LogP contribution in [0.5, 0.6) is 0 Å². The molecule has 1 amide bonds. The van der Waals surface area contributed by atoms with E-state index >= 15 is 0 Å². The van der Waals surface area contributed by atoms with Crippen LogP contribution >= 0.6 is 0 Å². The molecule has 0 aromatic carbocycles. The van der Waals surface area contributed by atoms with Gasteiger partial charge in [0, 0.05) is 12.8 Å². The molecule has 83 heavy (non-hydrogen) atoms. The molecule has 2 unspecified atom stereocenters. The van der Waals surface area contributed by atoms with Crippen molar-refractivity contribution in [3.8, 4) is 0 Å².